The van der Waals surface area contributed by atoms with E-state index in [1.807, 2.05) is 12.1 Å². The number of hydrogen-bond acceptors (Lipinski definition) is 4. The quantitative estimate of drug-likeness (QED) is 0.607. The van der Waals surface area contributed by atoms with E-state index in [2.05, 4.69) is 22.9 Å². The third kappa shape index (κ3) is 2.96. The minimum atomic E-state index is -0.881. The Balaban J connectivity index is 1.77. The van der Waals surface area contributed by atoms with Crippen LogP contribution in [0.1, 0.15) is 37.1 Å². The number of benzene rings is 1. The summed E-state index contributed by atoms with van der Waals surface area (Å²) in [6, 6.07) is 6.28. The van der Waals surface area contributed by atoms with Gasteiger partial charge in [0.05, 0.1) is 32.1 Å². The number of nitrogens with zero attached hydrogens (tertiary/aromatic N) is 1. The summed E-state index contributed by atoms with van der Waals surface area (Å²) in [5.74, 6) is 0.304. The van der Waals surface area contributed by atoms with E-state index in [0.717, 1.165) is 43.6 Å². The summed E-state index contributed by atoms with van der Waals surface area (Å²) >= 11 is 0. The molecule has 150 valence electrons. The molecule has 0 amide bonds. The monoisotopic (exact) mass is 384 g/mol. The number of hydrogen-bond donors (Lipinski definition) is 2. The molecule has 2 N–H and O–H groups in total. The Morgan fingerprint density at radius 2 is 2.21 bits per heavy atom. The minimum Gasteiger partial charge on any atom is -0.504 e. The van der Waals surface area contributed by atoms with Gasteiger partial charge in [0.15, 0.2) is 0 Å². The number of carboxylic acids is 1. The van der Waals surface area contributed by atoms with Gasteiger partial charge < -0.3 is 19.6 Å². The highest BCUT2D eigenvalue weighted by Gasteiger charge is 2.42. The van der Waals surface area contributed by atoms with Crippen molar-refractivity contribution in [1.82, 2.24) is 9.88 Å². The number of piperidine rings is 1. The predicted molar refractivity (Wildman–Crippen MR) is 107 cm³/mol. The number of ether oxygens (including phenoxy) is 2. The van der Waals surface area contributed by atoms with Gasteiger partial charge >= 0.3 is 5.97 Å². The Morgan fingerprint density at radius 3 is 2.89 bits per heavy atom. The van der Waals surface area contributed by atoms with Crippen LogP contribution in [0.3, 0.4) is 0 Å². The zero-order chi connectivity index (χ0) is 19.8. The zero-order valence-electron chi connectivity index (χ0n) is 16.7. The molecule has 3 heterocycles. The fourth-order valence-electron chi connectivity index (χ4n) is 5.17. The van der Waals surface area contributed by atoms with Gasteiger partial charge in [0.25, 0.3) is 0 Å². The summed E-state index contributed by atoms with van der Waals surface area (Å²) in [7, 11) is 3.22. The molecular formula is C22H28N2O4. The smallest absolute Gasteiger partial charge is 0.334 e. The highest BCUT2D eigenvalue weighted by Crippen LogP contribution is 2.46. The van der Waals surface area contributed by atoms with Crippen LogP contribution in [-0.2, 0) is 16.0 Å². The normalized spacial score (nSPS) is 25.2. The lowest BCUT2D eigenvalue weighted by Crippen LogP contribution is -2.46. The molecule has 28 heavy (non-hydrogen) atoms. The average Bonchev–Trinajstić information content (AvgIpc) is 3.10. The summed E-state index contributed by atoms with van der Waals surface area (Å²) < 4.78 is 10.7. The summed E-state index contributed by atoms with van der Waals surface area (Å²) in [5, 5.41) is 10.9. The van der Waals surface area contributed by atoms with Crippen molar-refractivity contribution in [3.63, 3.8) is 0 Å². The third-order valence-corrected chi connectivity index (χ3v) is 6.50. The number of fused-ring (bicyclic) bond motifs is 5. The van der Waals surface area contributed by atoms with Gasteiger partial charge in [-0.1, -0.05) is 19.4 Å². The molecule has 0 bridgehead atoms. The van der Waals surface area contributed by atoms with Gasteiger partial charge in [0, 0.05) is 29.7 Å². The van der Waals surface area contributed by atoms with Crippen LogP contribution in [0.2, 0.25) is 0 Å². The average molecular weight is 384 g/mol. The Bertz CT molecular complexity index is 917. The lowest BCUT2D eigenvalue weighted by molar-refractivity contribution is -0.134. The van der Waals surface area contributed by atoms with Crippen molar-refractivity contribution in [2.45, 2.75) is 32.2 Å². The molecule has 0 aliphatic carbocycles. The molecule has 1 aromatic carbocycles. The molecule has 4 rings (SSSR count). The fourth-order valence-corrected chi connectivity index (χ4v) is 5.17. The Kier molecular flexibility index (Phi) is 5.06. The van der Waals surface area contributed by atoms with Gasteiger partial charge in [0.1, 0.15) is 5.75 Å². The van der Waals surface area contributed by atoms with Crippen LogP contribution < -0.4 is 4.74 Å². The molecule has 2 aromatic rings. The van der Waals surface area contributed by atoms with Gasteiger partial charge in [0.2, 0.25) is 0 Å². The number of H-pyrrole nitrogens is 1. The molecule has 3 unspecified atom stereocenters. The third-order valence-electron chi connectivity index (χ3n) is 6.50. The van der Waals surface area contributed by atoms with E-state index in [4.69, 9.17) is 9.47 Å². The second kappa shape index (κ2) is 7.51. The number of aromatic amines is 1. The fraction of sp³-hybridized carbons (Fsp3) is 0.500. The molecular weight excluding hydrogens is 356 g/mol. The molecule has 2 aliphatic rings. The number of aromatic nitrogens is 1. The first-order valence-electron chi connectivity index (χ1n) is 9.96. The molecule has 3 atom stereocenters. The van der Waals surface area contributed by atoms with Crippen LogP contribution >= 0.6 is 0 Å². The number of rotatable bonds is 5. The SMILES string of the molecule is CCC1CN2CCc3c([nH]c4cccc(OC)c34)C2CC1C(=COC)C(=O)O. The number of nitrogens with one attached hydrogen (secondary N) is 1. The topological polar surface area (TPSA) is 74.8 Å². The van der Waals surface area contributed by atoms with Crippen molar-refractivity contribution < 1.29 is 19.4 Å². The van der Waals surface area contributed by atoms with Crippen LogP contribution in [0.4, 0.5) is 0 Å². The maximum atomic E-state index is 11.9. The van der Waals surface area contributed by atoms with Crippen molar-refractivity contribution in [2.75, 3.05) is 27.3 Å². The maximum Gasteiger partial charge on any atom is 0.334 e. The first kappa shape index (κ1) is 18.9. The second-order valence-electron chi connectivity index (χ2n) is 7.79. The van der Waals surface area contributed by atoms with Gasteiger partial charge in [-0.3, -0.25) is 4.90 Å². The van der Waals surface area contributed by atoms with Crippen molar-refractivity contribution in [3.05, 3.63) is 41.3 Å². The van der Waals surface area contributed by atoms with Crippen LogP contribution in [0.15, 0.2) is 30.0 Å². The van der Waals surface area contributed by atoms with E-state index in [1.165, 1.54) is 30.0 Å². The Morgan fingerprint density at radius 1 is 1.39 bits per heavy atom. The number of carboxylic acid groups (broad SMARTS) is 1. The maximum absolute atomic E-state index is 11.9. The van der Waals surface area contributed by atoms with Crippen LogP contribution in [0.5, 0.6) is 5.75 Å². The minimum absolute atomic E-state index is 0.0250. The molecule has 0 radical (unpaired) electrons. The van der Waals surface area contributed by atoms with Gasteiger partial charge in [-0.2, -0.15) is 0 Å². The standard InChI is InChI=1S/C22H28N2O4/c1-4-13-11-24-9-8-14-20-17(6-5-7-19(20)28-3)23-21(14)18(24)10-15(13)16(12-27-2)22(25)26/h5-7,12-13,15,18,23H,4,8-11H2,1-3H3,(H,25,26). The van der Waals surface area contributed by atoms with E-state index < -0.39 is 5.97 Å². The lowest BCUT2D eigenvalue weighted by Gasteiger charge is -2.46. The van der Waals surface area contributed by atoms with E-state index in [9.17, 15) is 9.90 Å². The van der Waals surface area contributed by atoms with Crippen LogP contribution in [-0.4, -0.2) is 48.3 Å². The van der Waals surface area contributed by atoms with Crippen molar-refractivity contribution >= 4 is 16.9 Å². The largest absolute Gasteiger partial charge is 0.504 e. The summed E-state index contributed by atoms with van der Waals surface area (Å²) in [6.07, 6.45) is 4.13. The van der Waals surface area contributed by atoms with Crippen LogP contribution in [0, 0.1) is 11.8 Å². The molecule has 6 nitrogen and oxygen atoms in total. The summed E-state index contributed by atoms with van der Waals surface area (Å²) in [5.41, 5.74) is 4.00. The molecule has 1 fully saturated rings. The first-order chi connectivity index (χ1) is 13.6. The Hall–Kier alpha value is -2.47. The molecule has 6 heteroatoms. The van der Waals surface area contributed by atoms with Crippen molar-refractivity contribution in [1.29, 1.82) is 0 Å². The molecule has 0 saturated carbocycles. The van der Waals surface area contributed by atoms with Crippen molar-refractivity contribution in [2.24, 2.45) is 11.8 Å². The summed E-state index contributed by atoms with van der Waals surface area (Å²) in [6.45, 7) is 4.04. The second-order valence-corrected chi connectivity index (χ2v) is 7.79. The van der Waals surface area contributed by atoms with Crippen molar-refractivity contribution in [3.8, 4) is 5.75 Å². The van der Waals surface area contributed by atoms with E-state index in [0.29, 0.717) is 11.5 Å². The first-order valence-corrected chi connectivity index (χ1v) is 9.96. The van der Waals surface area contributed by atoms with Crippen LogP contribution in [0.25, 0.3) is 10.9 Å². The number of methoxy groups -OCH3 is 2. The number of aliphatic carboxylic acids is 1. The van der Waals surface area contributed by atoms with Gasteiger partial charge in [-0.25, -0.2) is 4.79 Å². The highest BCUT2D eigenvalue weighted by molar-refractivity contribution is 5.91. The van der Waals surface area contributed by atoms with E-state index in [-0.39, 0.29) is 12.0 Å². The highest BCUT2D eigenvalue weighted by atomic mass is 16.5. The molecule has 2 aliphatic heterocycles. The zero-order valence-corrected chi connectivity index (χ0v) is 16.7. The molecule has 0 spiro atoms. The lowest BCUT2D eigenvalue weighted by atomic mass is 9.74. The predicted octanol–water partition coefficient (Wildman–Crippen LogP) is 3.74. The number of carbonyl (C=O) groups is 1. The summed E-state index contributed by atoms with van der Waals surface area (Å²) in [4.78, 5) is 18.0. The van der Waals surface area contributed by atoms with Gasteiger partial charge in [-0.05, 0) is 42.4 Å². The van der Waals surface area contributed by atoms with Gasteiger partial charge in [-0.15, -0.1) is 0 Å². The molecule has 1 saturated heterocycles. The van der Waals surface area contributed by atoms with E-state index in [1.54, 1.807) is 7.11 Å². The van der Waals surface area contributed by atoms with E-state index >= 15 is 0 Å². The Labute approximate surface area is 165 Å². The molecule has 1 aromatic heterocycles.